The summed E-state index contributed by atoms with van der Waals surface area (Å²) in [4.78, 5) is 29.1. The number of aryl methyl sites for hydroxylation is 4. The molecule has 1 heterocycles. The smallest absolute Gasteiger partial charge is 0.310 e. The van der Waals surface area contributed by atoms with Crippen LogP contribution in [-0.2, 0) is 16.0 Å². The van der Waals surface area contributed by atoms with Crippen molar-refractivity contribution < 1.29 is 24.5 Å². The van der Waals surface area contributed by atoms with Gasteiger partial charge in [-0.2, -0.15) is 0 Å². The van der Waals surface area contributed by atoms with Gasteiger partial charge in [-0.05, 0) is 98.9 Å². The van der Waals surface area contributed by atoms with Gasteiger partial charge in [0.15, 0.2) is 0 Å². The highest BCUT2D eigenvalue weighted by molar-refractivity contribution is 5.94. The van der Waals surface area contributed by atoms with Crippen LogP contribution in [0.3, 0.4) is 0 Å². The van der Waals surface area contributed by atoms with Crippen LogP contribution in [0.1, 0.15) is 79.5 Å². The lowest BCUT2D eigenvalue weighted by Gasteiger charge is -2.25. The van der Waals surface area contributed by atoms with Crippen molar-refractivity contribution in [3.05, 3.63) is 82.0 Å². The van der Waals surface area contributed by atoms with Gasteiger partial charge in [0.2, 0.25) is 11.8 Å². The second-order valence-electron chi connectivity index (χ2n) is 10.7. The van der Waals surface area contributed by atoms with Gasteiger partial charge in [-0.3, -0.25) is 9.59 Å². The van der Waals surface area contributed by atoms with Gasteiger partial charge in [-0.15, -0.1) is 0 Å². The maximum Gasteiger partial charge on any atom is 0.310 e. The fourth-order valence-corrected chi connectivity index (χ4v) is 4.86. The van der Waals surface area contributed by atoms with Crippen LogP contribution >= 0.6 is 0 Å². The Morgan fingerprint density at radius 3 is 2.32 bits per heavy atom. The van der Waals surface area contributed by atoms with E-state index < -0.39 is 11.4 Å². The molecule has 41 heavy (non-hydrogen) atoms. The van der Waals surface area contributed by atoms with Crippen molar-refractivity contribution in [1.29, 1.82) is 0 Å². The van der Waals surface area contributed by atoms with Gasteiger partial charge >= 0.3 is 5.97 Å². The number of anilines is 1. The van der Waals surface area contributed by atoms with Crippen LogP contribution in [0.5, 0.6) is 11.6 Å². The zero-order chi connectivity index (χ0) is 30.0. The molecule has 0 aliphatic heterocycles. The van der Waals surface area contributed by atoms with Crippen LogP contribution in [-0.4, -0.2) is 33.7 Å². The number of amides is 1. The molecule has 0 aliphatic rings. The minimum absolute atomic E-state index is 0.0680. The minimum atomic E-state index is -1.05. The molecule has 1 aromatic heterocycles. The maximum absolute atomic E-state index is 12.6. The van der Waals surface area contributed by atoms with Crippen molar-refractivity contribution >= 4 is 29.7 Å². The van der Waals surface area contributed by atoms with E-state index in [4.69, 9.17) is 4.74 Å². The number of carbonyl (C=O) groups is 2. The van der Waals surface area contributed by atoms with E-state index in [-0.39, 0.29) is 12.3 Å². The second kappa shape index (κ2) is 14.5. The average molecular weight is 559 g/mol. The number of unbranched alkanes of at least 4 members (excludes halogenated alkanes) is 1. The Labute approximate surface area is 243 Å². The molecule has 0 saturated carbocycles. The van der Waals surface area contributed by atoms with E-state index in [9.17, 15) is 19.8 Å². The molecule has 0 aliphatic carbocycles. The first-order chi connectivity index (χ1) is 19.6. The van der Waals surface area contributed by atoms with Crippen molar-refractivity contribution in [1.82, 2.24) is 4.98 Å². The lowest BCUT2D eigenvalue weighted by atomic mass is 9.79. The predicted molar refractivity (Wildman–Crippen MR) is 164 cm³/mol. The van der Waals surface area contributed by atoms with Crippen molar-refractivity contribution in [2.45, 2.75) is 73.1 Å². The monoisotopic (exact) mass is 558 g/mol. The predicted octanol–water partition coefficient (Wildman–Crippen LogP) is 7.50. The maximum atomic E-state index is 12.6. The van der Waals surface area contributed by atoms with Crippen LogP contribution < -0.4 is 10.1 Å². The Bertz CT molecular complexity index is 1370. The molecule has 0 fully saturated rings. The number of aliphatic carboxylic acids is 1. The first-order valence-electron chi connectivity index (χ1n) is 14.3. The quantitative estimate of drug-likeness (QED) is 0.177. The van der Waals surface area contributed by atoms with Crippen LogP contribution in [0.2, 0.25) is 0 Å². The largest absolute Gasteiger partial charge is 0.507 e. The number of phenolic OH excluding ortho intramolecular Hbond substituents is 1. The number of carboxylic acids is 1. The molecular weight excluding hydrogens is 516 g/mol. The molecule has 2 aromatic carbocycles. The van der Waals surface area contributed by atoms with Crippen LogP contribution in [0.15, 0.2) is 48.5 Å². The number of phenols is 1. The summed E-state index contributed by atoms with van der Waals surface area (Å²) in [6.07, 6.45) is 7.36. The standard InChI is InChI=1S/C34H42N2O5/c1-6-34(7-2,33(39)40)22-30(37)35-28-13-10-12-26(21-28)15-16-29-23(3)14-17-31(36-29)41-18-9-8-11-27-19-24(4)32(38)25(5)20-27/h10,12-17,19-21,38H,6-9,11,18,22H2,1-5H3,(H,35,37)(H,39,40)/b16-15+. The topological polar surface area (TPSA) is 109 Å². The molecule has 0 radical (unpaired) electrons. The molecule has 7 nitrogen and oxygen atoms in total. The summed E-state index contributed by atoms with van der Waals surface area (Å²) in [5.41, 5.74) is 5.28. The highest BCUT2D eigenvalue weighted by atomic mass is 16.5. The molecule has 3 N–H and O–H groups in total. The molecule has 1 amide bonds. The molecule has 218 valence electrons. The third-order valence-electron chi connectivity index (χ3n) is 7.68. The number of nitrogens with one attached hydrogen (secondary N) is 1. The number of benzene rings is 2. The third-order valence-corrected chi connectivity index (χ3v) is 7.68. The average Bonchev–Trinajstić information content (AvgIpc) is 2.94. The van der Waals surface area contributed by atoms with Gasteiger partial charge in [0.05, 0.1) is 17.7 Å². The molecular formula is C34H42N2O5. The molecule has 3 aromatic rings. The number of carbonyl (C=O) groups excluding carboxylic acids is 1. The van der Waals surface area contributed by atoms with E-state index in [0.29, 0.717) is 36.8 Å². The number of pyridine rings is 1. The Kier molecular flexibility index (Phi) is 11.1. The van der Waals surface area contributed by atoms with Crippen molar-refractivity contribution in [3.8, 4) is 11.6 Å². The summed E-state index contributed by atoms with van der Waals surface area (Å²) in [6.45, 7) is 10.0. The highest BCUT2D eigenvalue weighted by Crippen LogP contribution is 2.31. The van der Waals surface area contributed by atoms with Gasteiger partial charge in [0.25, 0.3) is 0 Å². The number of carboxylic acid groups (broad SMARTS) is 1. The normalized spacial score (nSPS) is 11.5. The Morgan fingerprint density at radius 2 is 1.66 bits per heavy atom. The van der Waals surface area contributed by atoms with Crippen molar-refractivity contribution in [3.63, 3.8) is 0 Å². The highest BCUT2D eigenvalue weighted by Gasteiger charge is 2.37. The second-order valence-corrected chi connectivity index (χ2v) is 10.7. The van der Waals surface area contributed by atoms with Gasteiger partial charge in [0, 0.05) is 18.2 Å². The number of aromatic nitrogens is 1. The fourth-order valence-electron chi connectivity index (χ4n) is 4.86. The number of nitrogens with zero attached hydrogens (tertiary/aromatic N) is 1. The summed E-state index contributed by atoms with van der Waals surface area (Å²) < 4.78 is 5.92. The van der Waals surface area contributed by atoms with E-state index in [1.165, 1.54) is 5.56 Å². The summed E-state index contributed by atoms with van der Waals surface area (Å²) >= 11 is 0. The summed E-state index contributed by atoms with van der Waals surface area (Å²) in [7, 11) is 0. The van der Waals surface area contributed by atoms with Crippen LogP contribution in [0.4, 0.5) is 5.69 Å². The van der Waals surface area contributed by atoms with Crippen molar-refractivity contribution in [2.75, 3.05) is 11.9 Å². The first-order valence-corrected chi connectivity index (χ1v) is 14.3. The summed E-state index contributed by atoms with van der Waals surface area (Å²) in [6, 6.07) is 15.3. The molecule has 7 heteroatoms. The molecule has 0 atom stereocenters. The van der Waals surface area contributed by atoms with E-state index in [1.54, 1.807) is 19.9 Å². The zero-order valence-corrected chi connectivity index (χ0v) is 24.8. The first kappa shape index (κ1) is 31.4. The molecule has 0 spiro atoms. The number of aromatic hydroxyl groups is 1. The Morgan fingerprint density at radius 1 is 0.951 bits per heavy atom. The number of hydrogen-bond acceptors (Lipinski definition) is 5. The van der Waals surface area contributed by atoms with Crippen LogP contribution in [0.25, 0.3) is 12.2 Å². The fraction of sp³-hybridized carbons (Fsp3) is 0.382. The minimum Gasteiger partial charge on any atom is -0.507 e. The molecule has 0 unspecified atom stereocenters. The van der Waals surface area contributed by atoms with Gasteiger partial charge in [-0.1, -0.05) is 50.3 Å². The summed E-state index contributed by atoms with van der Waals surface area (Å²) in [5, 5.41) is 22.4. The molecule has 0 saturated heterocycles. The van der Waals surface area contributed by atoms with E-state index in [2.05, 4.69) is 10.3 Å². The van der Waals surface area contributed by atoms with E-state index in [0.717, 1.165) is 47.2 Å². The Balaban J connectivity index is 1.56. The van der Waals surface area contributed by atoms with Crippen molar-refractivity contribution in [2.24, 2.45) is 5.41 Å². The number of ether oxygens (including phenoxy) is 1. The lowest BCUT2D eigenvalue weighted by molar-refractivity contribution is -0.151. The lowest BCUT2D eigenvalue weighted by Crippen LogP contribution is -2.34. The Hall–Kier alpha value is -4.13. The van der Waals surface area contributed by atoms with Crippen LogP contribution in [0, 0.1) is 26.2 Å². The van der Waals surface area contributed by atoms with E-state index >= 15 is 0 Å². The molecule has 3 rings (SSSR count). The van der Waals surface area contributed by atoms with E-state index in [1.807, 2.05) is 75.4 Å². The summed E-state index contributed by atoms with van der Waals surface area (Å²) in [5.74, 6) is -0.313. The van der Waals surface area contributed by atoms with Gasteiger partial charge < -0.3 is 20.3 Å². The zero-order valence-electron chi connectivity index (χ0n) is 24.8. The number of hydrogen-bond donors (Lipinski definition) is 3. The SMILES string of the molecule is CCC(CC)(CC(=O)Nc1cccc(/C=C/c2nc(OCCCCc3cc(C)c(O)c(C)c3)ccc2C)c1)C(=O)O. The van der Waals surface area contributed by atoms with Gasteiger partial charge in [-0.25, -0.2) is 4.98 Å². The van der Waals surface area contributed by atoms with Gasteiger partial charge in [0.1, 0.15) is 5.75 Å². The number of rotatable bonds is 14. The third kappa shape index (κ3) is 8.68. The molecule has 0 bridgehead atoms.